The second kappa shape index (κ2) is 8.02. The van der Waals surface area contributed by atoms with Crippen molar-refractivity contribution >= 4 is 17.2 Å². The van der Waals surface area contributed by atoms with Crippen molar-refractivity contribution < 1.29 is 13.6 Å². The molecule has 2 aromatic heterocycles. The topological polar surface area (TPSA) is 49.6 Å². The van der Waals surface area contributed by atoms with Gasteiger partial charge in [-0.05, 0) is 36.2 Å². The number of rotatable bonds is 4. The number of hydrogen-bond donors (Lipinski definition) is 0. The van der Waals surface area contributed by atoms with Crippen LogP contribution >= 0.6 is 11.3 Å². The molecule has 0 unspecified atom stereocenters. The summed E-state index contributed by atoms with van der Waals surface area (Å²) in [6.07, 6.45) is 2.50. The first-order valence-corrected chi connectivity index (χ1v) is 9.82. The summed E-state index contributed by atoms with van der Waals surface area (Å²) in [5.41, 5.74) is 1.55. The Labute approximate surface area is 161 Å². The molecule has 27 heavy (non-hydrogen) atoms. The van der Waals surface area contributed by atoms with Gasteiger partial charge in [0.05, 0.1) is 6.26 Å². The van der Waals surface area contributed by atoms with Crippen LogP contribution in [0.1, 0.15) is 22.5 Å². The van der Waals surface area contributed by atoms with E-state index in [1.54, 1.807) is 11.6 Å². The van der Waals surface area contributed by atoms with E-state index in [-0.39, 0.29) is 11.7 Å². The lowest BCUT2D eigenvalue weighted by Gasteiger charge is -2.21. The first kappa shape index (κ1) is 17.9. The van der Waals surface area contributed by atoms with Crippen LogP contribution in [0.25, 0.3) is 10.8 Å². The molecule has 1 fully saturated rings. The molecule has 1 saturated heterocycles. The van der Waals surface area contributed by atoms with Crippen LogP contribution in [0.5, 0.6) is 0 Å². The number of aromatic nitrogens is 1. The fraction of sp³-hybridized carbons (Fsp3) is 0.300. The van der Waals surface area contributed by atoms with Crippen molar-refractivity contribution in [1.29, 1.82) is 0 Å². The molecule has 5 nitrogen and oxygen atoms in total. The fourth-order valence-corrected chi connectivity index (χ4v) is 3.99. The summed E-state index contributed by atoms with van der Waals surface area (Å²) in [5.74, 6) is 0.427. The summed E-state index contributed by atoms with van der Waals surface area (Å²) < 4.78 is 18.4. The molecule has 0 N–H and O–H groups in total. The van der Waals surface area contributed by atoms with Crippen LogP contribution in [0.3, 0.4) is 0 Å². The van der Waals surface area contributed by atoms with Gasteiger partial charge in [0, 0.05) is 38.1 Å². The van der Waals surface area contributed by atoms with Gasteiger partial charge in [-0.15, -0.1) is 11.3 Å². The highest BCUT2D eigenvalue weighted by atomic mass is 32.1. The van der Waals surface area contributed by atoms with Gasteiger partial charge in [-0.2, -0.15) is 0 Å². The van der Waals surface area contributed by atoms with Crippen LogP contribution in [0.15, 0.2) is 52.5 Å². The highest BCUT2D eigenvalue weighted by Crippen LogP contribution is 2.24. The van der Waals surface area contributed by atoms with Crippen LogP contribution in [0.4, 0.5) is 4.39 Å². The van der Waals surface area contributed by atoms with Gasteiger partial charge < -0.3 is 9.32 Å². The van der Waals surface area contributed by atoms with Crippen molar-refractivity contribution in [3.05, 3.63) is 65.1 Å². The maximum absolute atomic E-state index is 13.1. The van der Waals surface area contributed by atoms with Gasteiger partial charge in [0.25, 0.3) is 5.91 Å². The van der Waals surface area contributed by atoms with Gasteiger partial charge in [0.1, 0.15) is 11.5 Å². The molecule has 3 heterocycles. The number of carbonyl (C=O) groups excluding carboxylic acids is 1. The average molecular weight is 385 g/mol. The molecule has 0 aliphatic carbocycles. The summed E-state index contributed by atoms with van der Waals surface area (Å²) in [4.78, 5) is 21.4. The predicted molar refractivity (Wildman–Crippen MR) is 102 cm³/mol. The molecule has 140 valence electrons. The monoisotopic (exact) mass is 385 g/mol. The summed E-state index contributed by atoms with van der Waals surface area (Å²) in [6.45, 7) is 3.84. The number of hydrogen-bond acceptors (Lipinski definition) is 5. The van der Waals surface area contributed by atoms with Gasteiger partial charge in [0.15, 0.2) is 10.8 Å². The largest absolute Gasteiger partial charge is 0.462 e. The molecule has 1 aliphatic rings. The zero-order valence-electron chi connectivity index (χ0n) is 14.8. The van der Waals surface area contributed by atoms with E-state index in [1.807, 2.05) is 29.2 Å². The van der Waals surface area contributed by atoms with Gasteiger partial charge in [0.2, 0.25) is 0 Å². The van der Waals surface area contributed by atoms with Gasteiger partial charge in [-0.25, -0.2) is 9.37 Å². The van der Waals surface area contributed by atoms with Gasteiger partial charge in [-0.3, -0.25) is 9.69 Å². The molecule has 0 saturated carbocycles. The first-order chi connectivity index (χ1) is 13.2. The second-order valence-corrected chi connectivity index (χ2v) is 7.42. The van der Waals surface area contributed by atoms with E-state index in [2.05, 4.69) is 9.88 Å². The number of thiazole rings is 1. The number of nitrogens with zero attached hydrogens (tertiary/aromatic N) is 3. The molecule has 1 amide bonds. The molecule has 0 radical (unpaired) electrons. The average Bonchev–Trinajstić information content (AvgIpc) is 3.32. The minimum absolute atomic E-state index is 0.0345. The quantitative estimate of drug-likeness (QED) is 0.684. The van der Waals surface area contributed by atoms with Gasteiger partial charge in [-0.1, -0.05) is 12.1 Å². The maximum Gasteiger partial charge on any atom is 0.273 e. The van der Waals surface area contributed by atoms with Crippen LogP contribution in [-0.4, -0.2) is 46.9 Å². The summed E-state index contributed by atoms with van der Waals surface area (Å²) >= 11 is 1.41. The Hall–Kier alpha value is -2.51. The highest BCUT2D eigenvalue weighted by Gasteiger charge is 2.23. The lowest BCUT2D eigenvalue weighted by atomic mass is 10.2. The number of amides is 1. The smallest absolute Gasteiger partial charge is 0.273 e. The van der Waals surface area contributed by atoms with Crippen molar-refractivity contribution in [2.24, 2.45) is 0 Å². The van der Waals surface area contributed by atoms with Crippen molar-refractivity contribution in [1.82, 2.24) is 14.8 Å². The number of halogens is 1. The third kappa shape index (κ3) is 4.26. The molecule has 1 aliphatic heterocycles. The number of furan rings is 1. The first-order valence-electron chi connectivity index (χ1n) is 8.94. The Kier molecular flexibility index (Phi) is 5.31. The molecule has 3 aromatic rings. The number of carbonyl (C=O) groups is 1. The zero-order valence-corrected chi connectivity index (χ0v) is 15.6. The van der Waals surface area contributed by atoms with Crippen molar-refractivity contribution in [3.63, 3.8) is 0 Å². The standard InChI is InChI=1S/C20H20FN3O2S/c21-16-6-4-15(5-7-16)13-23-8-2-9-24(11-10-23)20(25)17-14-27-19(22-17)18-3-1-12-26-18/h1,3-7,12,14H,2,8-11,13H2. The molecule has 1 aromatic carbocycles. The maximum atomic E-state index is 13.1. The normalized spacial score (nSPS) is 15.7. The Balaban J connectivity index is 1.37. The van der Waals surface area contributed by atoms with Crippen molar-refractivity contribution in [2.75, 3.05) is 26.2 Å². The van der Waals surface area contributed by atoms with E-state index in [9.17, 15) is 9.18 Å². The molecule has 4 rings (SSSR count). The van der Waals surface area contributed by atoms with Crippen LogP contribution in [0, 0.1) is 5.82 Å². The Bertz CT molecular complexity index is 892. The summed E-state index contributed by atoms with van der Waals surface area (Å²) in [6, 6.07) is 10.3. The Morgan fingerprint density at radius 1 is 1.15 bits per heavy atom. The molecular formula is C20H20FN3O2S. The van der Waals surface area contributed by atoms with E-state index in [0.29, 0.717) is 24.5 Å². The van der Waals surface area contributed by atoms with Crippen molar-refractivity contribution in [3.8, 4) is 10.8 Å². The molecule has 0 bridgehead atoms. The number of benzene rings is 1. The van der Waals surface area contributed by atoms with E-state index in [0.717, 1.165) is 36.6 Å². The van der Waals surface area contributed by atoms with Crippen LogP contribution < -0.4 is 0 Å². The van der Waals surface area contributed by atoms with Gasteiger partial charge >= 0.3 is 0 Å². The Morgan fingerprint density at radius 2 is 2.00 bits per heavy atom. The van der Waals surface area contributed by atoms with Crippen LogP contribution in [-0.2, 0) is 6.54 Å². The molecule has 0 spiro atoms. The minimum Gasteiger partial charge on any atom is -0.462 e. The van der Waals surface area contributed by atoms with Crippen LogP contribution in [0.2, 0.25) is 0 Å². The van der Waals surface area contributed by atoms with Crippen molar-refractivity contribution in [2.45, 2.75) is 13.0 Å². The third-order valence-corrected chi connectivity index (χ3v) is 5.51. The lowest BCUT2D eigenvalue weighted by Crippen LogP contribution is -2.35. The minimum atomic E-state index is -0.219. The zero-order chi connectivity index (χ0) is 18.6. The van der Waals surface area contributed by atoms with E-state index >= 15 is 0 Å². The lowest BCUT2D eigenvalue weighted by molar-refractivity contribution is 0.0756. The summed E-state index contributed by atoms with van der Waals surface area (Å²) in [7, 11) is 0. The SMILES string of the molecule is O=C(c1csc(-c2ccco2)n1)N1CCCN(Cc2ccc(F)cc2)CC1. The van der Waals surface area contributed by atoms with E-state index in [4.69, 9.17) is 4.42 Å². The highest BCUT2D eigenvalue weighted by molar-refractivity contribution is 7.13. The molecule has 0 atom stereocenters. The molecule has 7 heteroatoms. The third-order valence-electron chi connectivity index (χ3n) is 4.65. The molecular weight excluding hydrogens is 365 g/mol. The summed E-state index contributed by atoms with van der Waals surface area (Å²) in [5, 5.41) is 2.51. The second-order valence-electron chi connectivity index (χ2n) is 6.56. The fourth-order valence-electron chi connectivity index (χ4n) is 3.23. The predicted octanol–water partition coefficient (Wildman–Crippen LogP) is 3.89. The Morgan fingerprint density at radius 3 is 2.78 bits per heavy atom. The van der Waals surface area contributed by atoms with E-state index < -0.39 is 0 Å². The van der Waals surface area contributed by atoms with E-state index in [1.165, 1.54) is 23.5 Å².